The van der Waals surface area contributed by atoms with E-state index in [4.69, 9.17) is 16.3 Å². The number of rotatable bonds is 6. The molecule has 0 saturated heterocycles. The van der Waals surface area contributed by atoms with Crippen LogP contribution in [0.2, 0.25) is 0 Å². The Kier molecular flexibility index (Phi) is 5.67. The van der Waals surface area contributed by atoms with Gasteiger partial charge in [-0.25, -0.2) is 0 Å². The van der Waals surface area contributed by atoms with Crippen molar-refractivity contribution in [2.45, 2.75) is 46.6 Å². The molecule has 0 spiro atoms. The third-order valence-electron chi connectivity index (χ3n) is 2.72. The summed E-state index contributed by atoms with van der Waals surface area (Å²) in [5, 5.41) is 0. The third kappa shape index (κ3) is 4.02. The summed E-state index contributed by atoms with van der Waals surface area (Å²) in [7, 11) is 0. The summed E-state index contributed by atoms with van der Waals surface area (Å²) in [4.78, 5) is 12.0. The molecule has 0 aliphatic rings. The van der Waals surface area contributed by atoms with Crippen LogP contribution in [0.5, 0.6) is 5.75 Å². The molecule has 2 nitrogen and oxygen atoms in total. The summed E-state index contributed by atoms with van der Waals surface area (Å²) < 4.78 is 5.71. The van der Waals surface area contributed by atoms with Crippen molar-refractivity contribution in [2.75, 3.05) is 5.88 Å². The van der Waals surface area contributed by atoms with Crippen LogP contribution in [0.3, 0.4) is 0 Å². The summed E-state index contributed by atoms with van der Waals surface area (Å²) in [6.45, 7) is 7.90. The van der Waals surface area contributed by atoms with E-state index in [0.717, 1.165) is 28.9 Å². The minimum Gasteiger partial charge on any atom is -0.491 e. The first-order valence-electron chi connectivity index (χ1n) is 6.32. The Morgan fingerprint density at radius 2 is 1.94 bits per heavy atom. The van der Waals surface area contributed by atoms with Crippen molar-refractivity contribution in [3.8, 4) is 5.75 Å². The molecule has 1 aromatic carbocycles. The maximum Gasteiger partial charge on any atom is 0.163 e. The number of alkyl halides is 1. The van der Waals surface area contributed by atoms with Crippen LogP contribution in [0.15, 0.2) is 12.1 Å². The number of aryl methyl sites for hydroxylation is 2. The second kappa shape index (κ2) is 6.79. The highest BCUT2D eigenvalue weighted by atomic mass is 35.5. The molecular formula is C15H21ClO2. The highest BCUT2D eigenvalue weighted by Crippen LogP contribution is 2.25. The Labute approximate surface area is 114 Å². The molecule has 0 bridgehead atoms. The molecule has 0 saturated carbocycles. The van der Waals surface area contributed by atoms with E-state index in [1.165, 1.54) is 0 Å². The number of hydrogen-bond acceptors (Lipinski definition) is 2. The largest absolute Gasteiger partial charge is 0.491 e. The molecule has 0 atom stereocenters. The van der Waals surface area contributed by atoms with E-state index >= 15 is 0 Å². The fourth-order valence-corrected chi connectivity index (χ4v) is 1.97. The smallest absolute Gasteiger partial charge is 0.163 e. The lowest BCUT2D eigenvalue weighted by atomic mass is 9.99. The van der Waals surface area contributed by atoms with Crippen LogP contribution in [0.4, 0.5) is 0 Å². The molecule has 0 amide bonds. The topological polar surface area (TPSA) is 26.3 Å². The monoisotopic (exact) mass is 268 g/mol. The molecular weight excluding hydrogens is 248 g/mol. The predicted octanol–water partition coefficient (Wildman–Crippen LogP) is 4.29. The molecule has 18 heavy (non-hydrogen) atoms. The third-order valence-corrected chi connectivity index (χ3v) is 2.99. The molecule has 1 rings (SSSR count). The normalized spacial score (nSPS) is 10.8. The summed E-state index contributed by atoms with van der Waals surface area (Å²) in [6, 6.07) is 3.87. The van der Waals surface area contributed by atoms with E-state index in [1.807, 2.05) is 39.8 Å². The Morgan fingerprint density at radius 3 is 2.50 bits per heavy atom. The molecule has 0 aliphatic carbocycles. The van der Waals surface area contributed by atoms with Gasteiger partial charge in [-0.3, -0.25) is 4.79 Å². The average Bonchev–Trinajstić information content (AvgIpc) is 2.29. The SMILES string of the molecule is Cc1cc(C(=O)CCCCl)c(C)cc1OC(C)C. The average molecular weight is 269 g/mol. The summed E-state index contributed by atoms with van der Waals surface area (Å²) >= 11 is 5.61. The molecule has 3 heteroatoms. The molecule has 0 unspecified atom stereocenters. The number of ketones is 1. The van der Waals surface area contributed by atoms with Gasteiger partial charge in [0.15, 0.2) is 5.78 Å². The van der Waals surface area contributed by atoms with Crippen LogP contribution < -0.4 is 4.74 Å². The number of halogens is 1. The Morgan fingerprint density at radius 1 is 1.28 bits per heavy atom. The fraction of sp³-hybridized carbons (Fsp3) is 0.533. The Hall–Kier alpha value is -1.02. The van der Waals surface area contributed by atoms with Crippen molar-refractivity contribution in [1.82, 2.24) is 0 Å². The summed E-state index contributed by atoms with van der Waals surface area (Å²) in [5.74, 6) is 1.54. The van der Waals surface area contributed by atoms with Crippen molar-refractivity contribution in [2.24, 2.45) is 0 Å². The van der Waals surface area contributed by atoms with Crippen LogP contribution in [-0.2, 0) is 0 Å². The molecule has 0 aromatic heterocycles. The van der Waals surface area contributed by atoms with Crippen LogP contribution in [-0.4, -0.2) is 17.8 Å². The van der Waals surface area contributed by atoms with Crippen molar-refractivity contribution in [1.29, 1.82) is 0 Å². The lowest BCUT2D eigenvalue weighted by molar-refractivity contribution is 0.0981. The predicted molar refractivity (Wildman–Crippen MR) is 76.0 cm³/mol. The van der Waals surface area contributed by atoms with Gasteiger partial charge in [0.25, 0.3) is 0 Å². The molecule has 0 aliphatic heterocycles. The lowest BCUT2D eigenvalue weighted by Crippen LogP contribution is -2.09. The van der Waals surface area contributed by atoms with E-state index < -0.39 is 0 Å². The van der Waals surface area contributed by atoms with Crippen LogP contribution in [0.1, 0.15) is 48.2 Å². The van der Waals surface area contributed by atoms with Gasteiger partial charge in [0.1, 0.15) is 5.75 Å². The van der Waals surface area contributed by atoms with Crippen LogP contribution >= 0.6 is 11.6 Å². The standard InChI is InChI=1S/C15H21ClO2/c1-10(2)18-15-9-11(3)13(8-12(15)4)14(17)6-5-7-16/h8-10H,5-7H2,1-4H3. The first-order chi connectivity index (χ1) is 8.45. The number of benzene rings is 1. The zero-order valence-corrected chi connectivity index (χ0v) is 12.3. The maximum atomic E-state index is 12.0. The number of carbonyl (C=O) groups excluding carboxylic acids is 1. The maximum absolute atomic E-state index is 12.0. The van der Waals surface area contributed by atoms with Crippen molar-refractivity contribution in [3.63, 3.8) is 0 Å². The van der Waals surface area contributed by atoms with Gasteiger partial charge in [0.2, 0.25) is 0 Å². The molecule has 0 N–H and O–H groups in total. The van der Waals surface area contributed by atoms with Gasteiger partial charge in [0, 0.05) is 17.9 Å². The zero-order chi connectivity index (χ0) is 13.7. The van der Waals surface area contributed by atoms with E-state index in [9.17, 15) is 4.79 Å². The van der Waals surface area contributed by atoms with E-state index in [1.54, 1.807) is 0 Å². The second-order valence-corrected chi connectivity index (χ2v) is 5.19. The van der Waals surface area contributed by atoms with Gasteiger partial charge in [-0.2, -0.15) is 0 Å². The molecule has 100 valence electrons. The fourth-order valence-electron chi connectivity index (χ4n) is 1.83. The number of hydrogen-bond donors (Lipinski definition) is 0. The van der Waals surface area contributed by atoms with E-state index in [0.29, 0.717) is 12.3 Å². The zero-order valence-electron chi connectivity index (χ0n) is 11.5. The van der Waals surface area contributed by atoms with Crippen molar-refractivity contribution in [3.05, 3.63) is 28.8 Å². The first kappa shape index (κ1) is 15.0. The van der Waals surface area contributed by atoms with Gasteiger partial charge >= 0.3 is 0 Å². The quantitative estimate of drug-likeness (QED) is 0.568. The minimum atomic E-state index is 0.140. The molecule has 0 fully saturated rings. The Balaban J connectivity index is 2.95. The van der Waals surface area contributed by atoms with Gasteiger partial charge in [0.05, 0.1) is 6.10 Å². The van der Waals surface area contributed by atoms with Gasteiger partial charge in [-0.1, -0.05) is 0 Å². The van der Waals surface area contributed by atoms with Gasteiger partial charge in [-0.15, -0.1) is 11.6 Å². The van der Waals surface area contributed by atoms with Crippen LogP contribution in [0, 0.1) is 13.8 Å². The highest BCUT2D eigenvalue weighted by Gasteiger charge is 2.12. The molecule has 1 aromatic rings. The van der Waals surface area contributed by atoms with Crippen molar-refractivity contribution < 1.29 is 9.53 Å². The molecule has 0 heterocycles. The van der Waals surface area contributed by atoms with E-state index in [-0.39, 0.29) is 11.9 Å². The summed E-state index contributed by atoms with van der Waals surface area (Å²) in [6.07, 6.45) is 1.37. The Bertz CT molecular complexity index is 425. The second-order valence-electron chi connectivity index (χ2n) is 4.81. The van der Waals surface area contributed by atoms with E-state index in [2.05, 4.69) is 0 Å². The van der Waals surface area contributed by atoms with Gasteiger partial charge < -0.3 is 4.74 Å². The number of ether oxygens (including phenoxy) is 1. The first-order valence-corrected chi connectivity index (χ1v) is 6.86. The highest BCUT2D eigenvalue weighted by molar-refractivity contribution is 6.18. The summed E-state index contributed by atoms with van der Waals surface area (Å²) in [5.41, 5.74) is 2.76. The lowest BCUT2D eigenvalue weighted by Gasteiger charge is -2.15. The van der Waals surface area contributed by atoms with Crippen molar-refractivity contribution >= 4 is 17.4 Å². The van der Waals surface area contributed by atoms with Gasteiger partial charge in [-0.05, 0) is 57.4 Å². The number of Topliss-reactive ketones (excluding diaryl/α,β-unsaturated/α-hetero) is 1. The van der Waals surface area contributed by atoms with Crippen LogP contribution in [0.25, 0.3) is 0 Å². The minimum absolute atomic E-state index is 0.140. The number of carbonyl (C=O) groups is 1. The molecule has 0 radical (unpaired) electrons.